The van der Waals surface area contributed by atoms with Crippen LogP contribution in [0, 0.1) is 0 Å². The first-order chi connectivity index (χ1) is 16.8. The summed E-state index contributed by atoms with van der Waals surface area (Å²) in [7, 11) is 4.80. The minimum Gasteiger partial charge on any atom is -0.465 e. The highest BCUT2D eigenvalue weighted by Gasteiger charge is 2.31. The van der Waals surface area contributed by atoms with Crippen LogP contribution in [0.5, 0.6) is 0 Å². The van der Waals surface area contributed by atoms with Gasteiger partial charge >= 0.3 is 5.97 Å². The number of nitrogens with one attached hydrogen (secondary N) is 1. The summed E-state index contributed by atoms with van der Waals surface area (Å²) < 4.78 is 4.74. The Morgan fingerprint density at radius 1 is 1.11 bits per heavy atom. The van der Waals surface area contributed by atoms with Crippen LogP contribution in [-0.2, 0) is 9.53 Å². The Morgan fingerprint density at radius 2 is 1.80 bits per heavy atom. The molecule has 3 aromatic rings. The number of carbonyl (C=O) groups is 2. The number of benzodiazepines with no additional fused rings is 1. The number of benzene rings is 3. The molecule has 9 heteroatoms. The monoisotopic (exact) mass is 506 g/mol. The lowest BCUT2D eigenvalue weighted by Crippen LogP contribution is -2.49. The van der Waals surface area contributed by atoms with Crippen LogP contribution < -0.4 is 15.1 Å². The van der Waals surface area contributed by atoms with E-state index in [9.17, 15) is 9.59 Å². The summed E-state index contributed by atoms with van der Waals surface area (Å²) in [4.78, 5) is 33.2. The van der Waals surface area contributed by atoms with Crippen LogP contribution in [0.3, 0.4) is 0 Å². The third-order valence-electron chi connectivity index (χ3n) is 5.69. The number of fused-ring (bicyclic) bond motifs is 1. The van der Waals surface area contributed by atoms with Gasteiger partial charge in [-0.3, -0.25) is 4.79 Å². The molecule has 1 aliphatic heterocycles. The van der Waals surface area contributed by atoms with E-state index in [2.05, 4.69) is 5.32 Å². The third-order valence-corrected chi connectivity index (χ3v) is 6.31. The lowest BCUT2D eigenvalue weighted by Gasteiger charge is -2.25. The number of thiocarbonyl (C=S) groups is 1. The van der Waals surface area contributed by atoms with E-state index in [4.69, 9.17) is 33.5 Å². The van der Waals surface area contributed by atoms with Gasteiger partial charge in [-0.2, -0.15) is 0 Å². The minimum atomic E-state index is -0.967. The molecule has 1 atom stereocenters. The first kappa shape index (κ1) is 24.4. The van der Waals surface area contributed by atoms with E-state index in [0.717, 1.165) is 16.8 Å². The standard InChI is InChI=1S/C26H23ClN4O3S/c1-30(19-12-9-17(10-13-19)25(33)34-3)26(35)29-23-24(32)31(2)21-14-11-18(27)15-20(21)22(28-23)16-7-5-4-6-8-16/h4-15,23H,1-3H3,(H,29,35). The number of aliphatic imine (C=N–C) groups is 1. The summed E-state index contributed by atoms with van der Waals surface area (Å²) in [5.41, 5.74) is 4.09. The molecule has 0 radical (unpaired) electrons. The van der Waals surface area contributed by atoms with E-state index in [1.54, 1.807) is 54.2 Å². The van der Waals surface area contributed by atoms with Gasteiger partial charge in [0, 0.05) is 35.9 Å². The second-order valence-corrected chi connectivity index (χ2v) is 8.68. The van der Waals surface area contributed by atoms with Crippen LogP contribution in [0.2, 0.25) is 5.02 Å². The second kappa shape index (κ2) is 10.2. The highest BCUT2D eigenvalue weighted by Crippen LogP contribution is 2.30. The zero-order valence-corrected chi connectivity index (χ0v) is 20.9. The van der Waals surface area contributed by atoms with E-state index in [-0.39, 0.29) is 5.91 Å². The Bertz CT molecular complexity index is 1310. The normalized spacial score (nSPS) is 15.0. The van der Waals surface area contributed by atoms with Crippen molar-refractivity contribution in [3.05, 3.63) is 94.5 Å². The highest BCUT2D eigenvalue weighted by molar-refractivity contribution is 7.80. The quantitative estimate of drug-likeness (QED) is 0.420. The summed E-state index contributed by atoms with van der Waals surface area (Å²) in [6.07, 6.45) is -0.967. The number of hydrogen-bond donors (Lipinski definition) is 1. The molecular weight excluding hydrogens is 484 g/mol. The molecule has 0 aromatic heterocycles. The molecule has 0 spiro atoms. The molecule has 0 fully saturated rings. The maximum Gasteiger partial charge on any atom is 0.337 e. The predicted octanol–water partition coefficient (Wildman–Crippen LogP) is 4.28. The van der Waals surface area contributed by atoms with Gasteiger partial charge in [0.05, 0.1) is 24.1 Å². The molecule has 0 saturated heterocycles. The fraction of sp³-hybridized carbons (Fsp3) is 0.154. The number of nitrogens with zero attached hydrogens (tertiary/aromatic N) is 3. The van der Waals surface area contributed by atoms with Gasteiger partial charge in [0.1, 0.15) is 0 Å². The van der Waals surface area contributed by atoms with E-state index in [1.807, 2.05) is 42.5 Å². The average molecular weight is 507 g/mol. The van der Waals surface area contributed by atoms with Gasteiger partial charge in [-0.1, -0.05) is 41.9 Å². The van der Waals surface area contributed by atoms with Crippen LogP contribution >= 0.6 is 23.8 Å². The summed E-state index contributed by atoms with van der Waals surface area (Å²) in [5, 5.41) is 3.93. The number of anilines is 2. The van der Waals surface area contributed by atoms with Crippen molar-refractivity contribution in [2.45, 2.75) is 6.17 Å². The van der Waals surface area contributed by atoms with E-state index in [1.165, 1.54) is 7.11 Å². The molecule has 1 amide bonds. The predicted molar refractivity (Wildman–Crippen MR) is 143 cm³/mol. The SMILES string of the molecule is COC(=O)c1ccc(N(C)C(=S)NC2N=C(c3ccccc3)c3cc(Cl)ccc3N(C)C2=O)cc1. The smallest absolute Gasteiger partial charge is 0.337 e. The number of esters is 1. The van der Waals surface area contributed by atoms with Gasteiger partial charge in [0.25, 0.3) is 5.91 Å². The fourth-order valence-corrected chi connectivity index (χ4v) is 4.13. The lowest BCUT2D eigenvalue weighted by atomic mass is 10.0. The summed E-state index contributed by atoms with van der Waals surface area (Å²) >= 11 is 11.9. The van der Waals surface area contributed by atoms with E-state index >= 15 is 0 Å². The van der Waals surface area contributed by atoms with Crippen molar-refractivity contribution in [2.24, 2.45) is 4.99 Å². The van der Waals surface area contributed by atoms with Gasteiger partial charge in [-0.15, -0.1) is 0 Å². The Hall–Kier alpha value is -3.75. The molecule has 0 bridgehead atoms. The molecular formula is C26H23ClN4O3S. The van der Waals surface area contributed by atoms with Gasteiger partial charge in [-0.25, -0.2) is 9.79 Å². The van der Waals surface area contributed by atoms with Crippen molar-refractivity contribution in [1.29, 1.82) is 0 Å². The number of rotatable bonds is 4. The number of amides is 1. The molecule has 1 heterocycles. The summed E-state index contributed by atoms with van der Waals surface area (Å²) in [6.45, 7) is 0. The molecule has 1 aliphatic rings. The second-order valence-electron chi connectivity index (χ2n) is 7.85. The first-order valence-electron chi connectivity index (χ1n) is 10.7. The number of hydrogen-bond acceptors (Lipinski definition) is 5. The summed E-state index contributed by atoms with van der Waals surface area (Å²) in [5.74, 6) is -0.689. The van der Waals surface area contributed by atoms with Gasteiger partial charge in [0.2, 0.25) is 6.17 Å². The zero-order chi connectivity index (χ0) is 25.1. The van der Waals surface area contributed by atoms with Crippen molar-refractivity contribution < 1.29 is 14.3 Å². The number of ether oxygens (including phenoxy) is 1. The topological polar surface area (TPSA) is 74.2 Å². The third kappa shape index (κ3) is 5.03. The Kier molecular flexibility index (Phi) is 7.14. The van der Waals surface area contributed by atoms with Gasteiger partial charge in [-0.05, 0) is 54.7 Å². The number of halogens is 1. The number of methoxy groups -OCH3 is 1. The molecule has 178 valence electrons. The average Bonchev–Trinajstić information content (AvgIpc) is 2.98. The van der Waals surface area contributed by atoms with Crippen LogP contribution in [-0.4, -0.2) is 50.1 Å². The fourth-order valence-electron chi connectivity index (χ4n) is 3.74. The minimum absolute atomic E-state index is 0.267. The van der Waals surface area contributed by atoms with Crippen molar-refractivity contribution in [3.63, 3.8) is 0 Å². The first-order valence-corrected chi connectivity index (χ1v) is 11.5. The number of carbonyl (C=O) groups excluding carboxylic acids is 2. The van der Waals surface area contributed by atoms with Crippen LogP contribution in [0.15, 0.2) is 77.8 Å². The molecule has 7 nitrogen and oxygen atoms in total. The maximum absolute atomic E-state index is 13.4. The van der Waals surface area contributed by atoms with E-state index < -0.39 is 12.1 Å². The van der Waals surface area contributed by atoms with Crippen molar-refractivity contribution in [1.82, 2.24) is 5.32 Å². The number of likely N-dealkylation sites (N-methyl/N-ethyl adjacent to an activating group) is 1. The van der Waals surface area contributed by atoms with Crippen molar-refractivity contribution in [2.75, 3.05) is 31.0 Å². The summed E-state index contributed by atoms with van der Waals surface area (Å²) in [6, 6.07) is 21.8. The van der Waals surface area contributed by atoms with Crippen LogP contribution in [0.25, 0.3) is 0 Å². The van der Waals surface area contributed by atoms with Gasteiger partial charge in [0.15, 0.2) is 5.11 Å². The molecule has 1 unspecified atom stereocenters. The Balaban J connectivity index is 1.67. The van der Waals surface area contributed by atoms with Crippen molar-refractivity contribution >= 4 is 57.9 Å². The molecule has 1 N–H and O–H groups in total. The molecule has 4 rings (SSSR count). The molecule has 0 aliphatic carbocycles. The molecule has 35 heavy (non-hydrogen) atoms. The lowest BCUT2D eigenvalue weighted by molar-refractivity contribution is -0.119. The Morgan fingerprint density at radius 3 is 2.46 bits per heavy atom. The molecule has 3 aromatic carbocycles. The van der Waals surface area contributed by atoms with Crippen LogP contribution in [0.1, 0.15) is 21.5 Å². The van der Waals surface area contributed by atoms with Crippen LogP contribution in [0.4, 0.5) is 11.4 Å². The molecule has 0 saturated carbocycles. The largest absolute Gasteiger partial charge is 0.465 e. The zero-order valence-electron chi connectivity index (χ0n) is 19.4. The highest BCUT2D eigenvalue weighted by atomic mass is 35.5. The van der Waals surface area contributed by atoms with Crippen molar-refractivity contribution in [3.8, 4) is 0 Å². The van der Waals surface area contributed by atoms with Gasteiger partial charge < -0.3 is 19.9 Å². The van der Waals surface area contributed by atoms with E-state index in [0.29, 0.717) is 27.1 Å². The maximum atomic E-state index is 13.4. The Labute approximate surface area is 214 Å².